The maximum atomic E-state index is 10.9. The van der Waals surface area contributed by atoms with Gasteiger partial charge in [-0.05, 0) is 13.0 Å². The van der Waals surface area contributed by atoms with Gasteiger partial charge in [0, 0.05) is 17.2 Å². The van der Waals surface area contributed by atoms with Gasteiger partial charge in [-0.3, -0.25) is 4.79 Å². The molecule has 5 heteroatoms. The summed E-state index contributed by atoms with van der Waals surface area (Å²) in [6.07, 6.45) is 0.700. The number of aromatic carboxylic acids is 1. The van der Waals surface area contributed by atoms with Crippen LogP contribution in [-0.2, 0) is 0 Å². The van der Waals surface area contributed by atoms with Crippen LogP contribution in [0.2, 0.25) is 0 Å². The molecular formula is C12H9NO4. The summed E-state index contributed by atoms with van der Waals surface area (Å²) in [4.78, 5) is 21.6. The molecule has 1 aromatic heterocycles. The molecule has 1 N–H and O–H groups in total. The van der Waals surface area contributed by atoms with Crippen LogP contribution in [0.5, 0.6) is 0 Å². The number of nitrogens with zero attached hydrogens (tertiary/aromatic N) is 1. The van der Waals surface area contributed by atoms with Gasteiger partial charge in [0.1, 0.15) is 0 Å². The molecule has 0 unspecified atom stereocenters. The third-order valence-electron chi connectivity index (χ3n) is 2.33. The molecule has 2 aromatic rings. The van der Waals surface area contributed by atoms with Gasteiger partial charge in [-0.25, -0.2) is 4.79 Å². The van der Waals surface area contributed by atoms with E-state index in [0.29, 0.717) is 17.4 Å². The Bertz CT molecular complexity index is 586. The largest absolute Gasteiger partial charge is 0.476 e. The van der Waals surface area contributed by atoms with Crippen LogP contribution in [0.1, 0.15) is 26.4 Å². The van der Waals surface area contributed by atoms with Crippen LogP contribution in [0.25, 0.3) is 11.3 Å². The van der Waals surface area contributed by atoms with Crippen LogP contribution in [0, 0.1) is 6.92 Å². The predicted molar refractivity (Wildman–Crippen MR) is 59.0 cm³/mol. The number of aldehydes is 1. The van der Waals surface area contributed by atoms with Gasteiger partial charge >= 0.3 is 5.97 Å². The molecule has 86 valence electrons. The highest BCUT2D eigenvalue weighted by Crippen LogP contribution is 2.24. The molecule has 0 atom stereocenters. The third-order valence-corrected chi connectivity index (χ3v) is 2.33. The first-order valence-electron chi connectivity index (χ1n) is 4.88. The topological polar surface area (TPSA) is 80.4 Å². The molecule has 0 amide bonds. The van der Waals surface area contributed by atoms with Crippen LogP contribution in [0.15, 0.2) is 28.8 Å². The van der Waals surface area contributed by atoms with Crippen molar-refractivity contribution >= 4 is 12.3 Å². The van der Waals surface area contributed by atoms with E-state index in [1.165, 1.54) is 6.07 Å². The van der Waals surface area contributed by atoms with Crippen LogP contribution in [0.3, 0.4) is 0 Å². The first kappa shape index (κ1) is 11.1. The van der Waals surface area contributed by atoms with Gasteiger partial charge in [-0.2, -0.15) is 0 Å². The highest BCUT2D eigenvalue weighted by atomic mass is 16.5. The molecule has 0 aliphatic rings. The van der Waals surface area contributed by atoms with Crippen molar-refractivity contribution < 1.29 is 19.2 Å². The molecule has 0 radical (unpaired) electrons. The van der Waals surface area contributed by atoms with E-state index in [9.17, 15) is 9.59 Å². The van der Waals surface area contributed by atoms with Gasteiger partial charge in [0.25, 0.3) is 0 Å². The number of hydrogen-bond donors (Lipinski definition) is 1. The van der Waals surface area contributed by atoms with E-state index < -0.39 is 5.97 Å². The summed E-state index contributed by atoms with van der Waals surface area (Å²) in [5, 5.41) is 12.1. The molecule has 0 spiro atoms. The van der Waals surface area contributed by atoms with Crippen molar-refractivity contribution in [1.29, 1.82) is 0 Å². The van der Waals surface area contributed by atoms with Gasteiger partial charge in [0.2, 0.25) is 0 Å². The van der Waals surface area contributed by atoms with E-state index in [-0.39, 0.29) is 11.5 Å². The summed E-state index contributed by atoms with van der Waals surface area (Å²) >= 11 is 0. The summed E-state index contributed by atoms with van der Waals surface area (Å²) in [6, 6.07) is 6.50. The number of hydrogen-bond acceptors (Lipinski definition) is 4. The molecular weight excluding hydrogens is 222 g/mol. The highest BCUT2D eigenvalue weighted by Gasteiger charge is 2.14. The third kappa shape index (κ3) is 2.08. The standard InChI is InChI=1S/C12H9NO4/c1-7-2-3-9(8(4-7)6-14)11-5-10(12(15)16)13-17-11/h2-6H,1H3,(H,15,16). The summed E-state index contributed by atoms with van der Waals surface area (Å²) in [5.74, 6) is -0.899. The van der Waals surface area contributed by atoms with E-state index in [0.717, 1.165) is 5.56 Å². The summed E-state index contributed by atoms with van der Waals surface area (Å²) in [7, 11) is 0. The Balaban J connectivity index is 2.52. The van der Waals surface area contributed by atoms with Crippen LogP contribution < -0.4 is 0 Å². The molecule has 0 aliphatic heterocycles. The van der Waals surface area contributed by atoms with Crippen molar-refractivity contribution in [3.05, 3.63) is 41.1 Å². The lowest BCUT2D eigenvalue weighted by atomic mass is 10.0. The molecule has 5 nitrogen and oxygen atoms in total. The zero-order valence-corrected chi connectivity index (χ0v) is 9.01. The maximum absolute atomic E-state index is 10.9. The lowest BCUT2D eigenvalue weighted by molar-refractivity contribution is 0.0685. The highest BCUT2D eigenvalue weighted by molar-refractivity contribution is 5.89. The zero-order valence-electron chi connectivity index (χ0n) is 9.01. The Labute approximate surface area is 96.7 Å². The first-order valence-corrected chi connectivity index (χ1v) is 4.88. The van der Waals surface area contributed by atoms with Gasteiger partial charge in [0.15, 0.2) is 17.7 Å². The van der Waals surface area contributed by atoms with Crippen molar-refractivity contribution in [2.45, 2.75) is 6.92 Å². The van der Waals surface area contributed by atoms with Crippen molar-refractivity contribution in [2.75, 3.05) is 0 Å². The van der Waals surface area contributed by atoms with Crippen LogP contribution in [0.4, 0.5) is 0 Å². The Morgan fingerprint density at radius 1 is 1.41 bits per heavy atom. The molecule has 1 aromatic carbocycles. The molecule has 2 rings (SSSR count). The SMILES string of the molecule is Cc1ccc(-c2cc(C(=O)O)no2)c(C=O)c1. The normalized spacial score (nSPS) is 10.2. The number of carboxylic acid groups (broad SMARTS) is 1. The molecule has 1 heterocycles. The Kier molecular flexibility index (Phi) is 2.74. The van der Waals surface area contributed by atoms with Gasteiger partial charge in [0.05, 0.1) is 0 Å². The van der Waals surface area contributed by atoms with Crippen molar-refractivity contribution in [3.8, 4) is 11.3 Å². The molecule has 0 bridgehead atoms. The smallest absolute Gasteiger partial charge is 0.358 e. The zero-order chi connectivity index (χ0) is 12.4. The van der Waals surface area contributed by atoms with Crippen molar-refractivity contribution in [1.82, 2.24) is 5.16 Å². The lowest BCUT2D eigenvalue weighted by Crippen LogP contribution is -1.94. The van der Waals surface area contributed by atoms with Gasteiger partial charge in [-0.15, -0.1) is 0 Å². The minimum absolute atomic E-state index is 0.183. The Morgan fingerprint density at radius 2 is 2.18 bits per heavy atom. The fraction of sp³-hybridized carbons (Fsp3) is 0.0833. The average molecular weight is 231 g/mol. The number of carbonyl (C=O) groups excluding carboxylic acids is 1. The number of rotatable bonds is 3. The fourth-order valence-electron chi connectivity index (χ4n) is 1.51. The second-order valence-electron chi connectivity index (χ2n) is 3.59. The van der Waals surface area contributed by atoms with E-state index in [1.54, 1.807) is 12.1 Å². The monoisotopic (exact) mass is 231 g/mol. The number of benzene rings is 1. The molecule has 0 saturated carbocycles. The van der Waals surface area contributed by atoms with Crippen LogP contribution in [-0.4, -0.2) is 22.5 Å². The van der Waals surface area contributed by atoms with Crippen molar-refractivity contribution in [2.24, 2.45) is 0 Å². The molecule has 0 fully saturated rings. The van der Waals surface area contributed by atoms with Gasteiger partial charge in [-0.1, -0.05) is 22.9 Å². The van der Waals surface area contributed by atoms with E-state index in [4.69, 9.17) is 9.63 Å². The Hall–Kier alpha value is -2.43. The molecule has 0 aliphatic carbocycles. The first-order chi connectivity index (χ1) is 8.11. The van der Waals surface area contributed by atoms with E-state index >= 15 is 0 Å². The second kappa shape index (κ2) is 4.21. The van der Waals surface area contributed by atoms with Crippen molar-refractivity contribution in [3.63, 3.8) is 0 Å². The van der Waals surface area contributed by atoms with E-state index in [1.807, 2.05) is 13.0 Å². The number of carbonyl (C=O) groups is 2. The predicted octanol–water partition coefficient (Wildman–Crippen LogP) is 2.16. The lowest BCUT2D eigenvalue weighted by Gasteiger charge is -2.01. The number of aromatic nitrogens is 1. The van der Waals surface area contributed by atoms with Gasteiger partial charge < -0.3 is 9.63 Å². The summed E-state index contributed by atoms with van der Waals surface area (Å²) < 4.78 is 4.90. The summed E-state index contributed by atoms with van der Waals surface area (Å²) in [5.41, 5.74) is 1.73. The van der Waals surface area contributed by atoms with Crippen LogP contribution >= 0.6 is 0 Å². The minimum Gasteiger partial charge on any atom is -0.476 e. The Morgan fingerprint density at radius 3 is 2.76 bits per heavy atom. The number of carboxylic acids is 1. The fourth-order valence-corrected chi connectivity index (χ4v) is 1.51. The summed E-state index contributed by atoms with van der Waals surface area (Å²) in [6.45, 7) is 1.86. The molecule has 17 heavy (non-hydrogen) atoms. The average Bonchev–Trinajstić information content (AvgIpc) is 2.78. The number of aryl methyl sites for hydroxylation is 1. The second-order valence-corrected chi connectivity index (χ2v) is 3.59. The molecule has 0 saturated heterocycles. The maximum Gasteiger partial charge on any atom is 0.358 e. The van der Waals surface area contributed by atoms with E-state index in [2.05, 4.69) is 5.16 Å². The quantitative estimate of drug-likeness (QED) is 0.818. The minimum atomic E-state index is -1.17.